The van der Waals surface area contributed by atoms with E-state index in [1.54, 1.807) is 0 Å². The molecule has 5 nitrogen and oxygen atoms in total. The molecule has 19 heavy (non-hydrogen) atoms. The molecule has 1 amide bonds. The lowest BCUT2D eigenvalue weighted by molar-refractivity contribution is -0.141. The molecule has 2 aliphatic heterocycles. The maximum Gasteiger partial charge on any atom is 0.410 e. The minimum atomic E-state index is -0.939. The van der Waals surface area contributed by atoms with Gasteiger partial charge in [0, 0.05) is 6.54 Å². The molecule has 0 aromatic carbocycles. The van der Waals surface area contributed by atoms with E-state index in [4.69, 9.17) is 4.74 Å². The molecule has 2 fully saturated rings. The lowest BCUT2D eigenvalue weighted by atomic mass is 9.80. The first-order valence-electron chi connectivity index (χ1n) is 6.43. The largest absolute Gasteiger partial charge is 0.480 e. The summed E-state index contributed by atoms with van der Waals surface area (Å²) in [4.78, 5) is 24.7. The van der Waals surface area contributed by atoms with Crippen LogP contribution in [0.15, 0.2) is 12.7 Å². The van der Waals surface area contributed by atoms with E-state index in [2.05, 4.69) is 6.58 Å². The van der Waals surface area contributed by atoms with Crippen LogP contribution in [0.2, 0.25) is 0 Å². The highest BCUT2D eigenvalue weighted by atomic mass is 32.2. The number of carboxylic acids is 1. The van der Waals surface area contributed by atoms with Crippen molar-refractivity contribution in [2.24, 2.45) is 5.41 Å². The molecule has 0 saturated carbocycles. The quantitative estimate of drug-likeness (QED) is 0.803. The number of carbonyl (C=O) groups is 2. The van der Waals surface area contributed by atoms with Crippen molar-refractivity contribution >= 4 is 23.8 Å². The van der Waals surface area contributed by atoms with Gasteiger partial charge in [-0.1, -0.05) is 12.7 Å². The van der Waals surface area contributed by atoms with Crippen LogP contribution in [0.5, 0.6) is 0 Å². The van der Waals surface area contributed by atoms with Crippen LogP contribution in [0.3, 0.4) is 0 Å². The topological polar surface area (TPSA) is 66.8 Å². The molecular formula is C13H19NO4S. The average Bonchev–Trinajstić information content (AvgIpc) is 2.76. The predicted octanol–water partition coefficient (Wildman–Crippen LogP) is 1.98. The molecule has 2 saturated heterocycles. The number of thioether (sulfide) groups is 1. The second-order valence-electron chi connectivity index (χ2n) is 5.16. The fourth-order valence-corrected chi connectivity index (χ4v) is 4.21. The second kappa shape index (κ2) is 5.86. The summed E-state index contributed by atoms with van der Waals surface area (Å²) in [5.41, 5.74) is -0.0263. The molecule has 1 N–H and O–H groups in total. The second-order valence-corrected chi connectivity index (χ2v) is 6.39. The van der Waals surface area contributed by atoms with Crippen LogP contribution in [0.25, 0.3) is 0 Å². The van der Waals surface area contributed by atoms with Gasteiger partial charge in [-0.15, -0.1) is 0 Å². The van der Waals surface area contributed by atoms with Crippen LogP contribution in [-0.4, -0.2) is 52.8 Å². The van der Waals surface area contributed by atoms with Crippen LogP contribution in [0.4, 0.5) is 4.79 Å². The summed E-state index contributed by atoms with van der Waals surface area (Å²) in [6.45, 7) is 4.10. The number of carboxylic acid groups (broad SMARTS) is 1. The number of amides is 1. The van der Waals surface area contributed by atoms with Gasteiger partial charge in [0.1, 0.15) is 12.6 Å². The summed E-state index contributed by atoms with van der Waals surface area (Å²) in [6, 6.07) is -0.750. The Labute approximate surface area is 117 Å². The van der Waals surface area contributed by atoms with Crippen molar-refractivity contribution in [3.05, 3.63) is 12.7 Å². The van der Waals surface area contributed by atoms with E-state index in [0.29, 0.717) is 13.0 Å². The third-order valence-electron chi connectivity index (χ3n) is 3.91. The van der Waals surface area contributed by atoms with Gasteiger partial charge >= 0.3 is 12.1 Å². The SMILES string of the molecule is C=CCOC(=O)N1CC2(CCSCC2)CC1C(=O)O. The van der Waals surface area contributed by atoms with Crippen molar-refractivity contribution < 1.29 is 19.4 Å². The zero-order chi connectivity index (χ0) is 13.9. The first-order valence-corrected chi connectivity index (χ1v) is 7.58. The Hall–Kier alpha value is -1.17. The van der Waals surface area contributed by atoms with Crippen molar-refractivity contribution in [3.8, 4) is 0 Å². The Balaban J connectivity index is 2.09. The zero-order valence-electron chi connectivity index (χ0n) is 10.8. The van der Waals surface area contributed by atoms with E-state index in [0.717, 1.165) is 24.3 Å². The highest BCUT2D eigenvalue weighted by Gasteiger charge is 2.49. The van der Waals surface area contributed by atoms with Gasteiger partial charge in [-0.25, -0.2) is 9.59 Å². The molecule has 0 aromatic rings. The lowest BCUT2D eigenvalue weighted by Gasteiger charge is -2.32. The zero-order valence-corrected chi connectivity index (χ0v) is 11.7. The Morgan fingerprint density at radius 2 is 2.16 bits per heavy atom. The van der Waals surface area contributed by atoms with E-state index in [9.17, 15) is 14.7 Å². The molecule has 2 heterocycles. The molecule has 0 radical (unpaired) electrons. The number of rotatable bonds is 3. The van der Waals surface area contributed by atoms with Gasteiger partial charge in [0.05, 0.1) is 0 Å². The Morgan fingerprint density at radius 1 is 1.47 bits per heavy atom. The number of hydrogen-bond acceptors (Lipinski definition) is 4. The van der Waals surface area contributed by atoms with Crippen molar-refractivity contribution in [1.82, 2.24) is 4.90 Å². The number of aliphatic carboxylic acids is 1. The summed E-state index contributed by atoms with van der Waals surface area (Å²) >= 11 is 1.89. The number of ether oxygens (including phenoxy) is 1. The number of hydrogen-bond donors (Lipinski definition) is 1. The lowest BCUT2D eigenvalue weighted by Crippen LogP contribution is -2.41. The minimum absolute atomic E-state index is 0.0263. The summed E-state index contributed by atoms with van der Waals surface area (Å²) < 4.78 is 4.99. The molecule has 2 aliphatic rings. The van der Waals surface area contributed by atoms with Crippen molar-refractivity contribution in [2.75, 3.05) is 24.7 Å². The third kappa shape index (κ3) is 3.05. The van der Waals surface area contributed by atoms with Gasteiger partial charge in [-0.05, 0) is 36.2 Å². The van der Waals surface area contributed by atoms with Gasteiger partial charge in [-0.2, -0.15) is 11.8 Å². The summed E-state index contributed by atoms with van der Waals surface area (Å²) in [5.74, 6) is 1.15. The van der Waals surface area contributed by atoms with E-state index >= 15 is 0 Å². The van der Waals surface area contributed by atoms with Crippen LogP contribution < -0.4 is 0 Å². The first kappa shape index (κ1) is 14.2. The fraction of sp³-hybridized carbons (Fsp3) is 0.692. The highest BCUT2D eigenvalue weighted by Crippen LogP contribution is 2.45. The van der Waals surface area contributed by atoms with Crippen LogP contribution in [0.1, 0.15) is 19.3 Å². The van der Waals surface area contributed by atoms with Crippen molar-refractivity contribution in [1.29, 1.82) is 0 Å². The smallest absolute Gasteiger partial charge is 0.410 e. The number of likely N-dealkylation sites (tertiary alicyclic amines) is 1. The van der Waals surface area contributed by atoms with Gasteiger partial charge in [0.2, 0.25) is 0 Å². The third-order valence-corrected chi connectivity index (χ3v) is 4.89. The molecule has 2 rings (SSSR count). The molecule has 106 valence electrons. The molecule has 1 spiro atoms. The van der Waals surface area contributed by atoms with Gasteiger partial charge in [0.15, 0.2) is 0 Å². The maximum absolute atomic E-state index is 11.9. The minimum Gasteiger partial charge on any atom is -0.480 e. The number of nitrogens with zero attached hydrogens (tertiary/aromatic N) is 1. The van der Waals surface area contributed by atoms with E-state index in [1.807, 2.05) is 11.8 Å². The molecule has 6 heteroatoms. The van der Waals surface area contributed by atoms with Crippen molar-refractivity contribution in [3.63, 3.8) is 0 Å². The monoisotopic (exact) mass is 285 g/mol. The summed E-state index contributed by atoms with van der Waals surface area (Å²) in [6.07, 6.45) is 3.45. The highest BCUT2D eigenvalue weighted by molar-refractivity contribution is 7.99. The predicted molar refractivity (Wildman–Crippen MR) is 73.3 cm³/mol. The number of carbonyl (C=O) groups excluding carboxylic acids is 1. The summed E-state index contributed by atoms with van der Waals surface area (Å²) in [7, 11) is 0. The average molecular weight is 285 g/mol. The Kier molecular flexibility index (Phi) is 4.39. The first-order chi connectivity index (χ1) is 9.08. The Morgan fingerprint density at radius 3 is 2.74 bits per heavy atom. The molecule has 1 atom stereocenters. The van der Waals surface area contributed by atoms with Crippen molar-refractivity contribution in [2.45, 2.75) is 25.3 Å². The normalized spacial score (nSPS) is 25.3. The van der Waals surface area contributed by atoms with Gasteiger partial charge < -0.3 is 9.84 Å². The molecule has 0 aromatic heterocycles. The van der Waals surface area contributed by atoms with E-state index in [1.165, 1.54) is 11.0 Å². The Bertz CT molecular complexity index is 379. The van der Waals surface area contributed by atoms with Crippen LogP contribution >= 0.6 is 11.8 Å². The molecule has 1 unspecified atom stereocenters. The maximum atomic E-state index is 11.9. The molecular weight excluding hydrogens is 266 g/mol. The van der Waals surface area contributed by atoms with E-state index in [-0.39, 0.29) is 12.0 Å². The van der Waals surface area contributed by atoms with Crippen LogP contribution in [0, 0.1) is 5.41 Å². The van der Waals surface area contributed by atoms with Crippen LogP contribution in [-0.2, 0) is 9.53 Å². The van der Waals surface area contributed by atoms with E-state index < -0.39 is 18.1 Å². The van der Waals surface area contributed by atoms with Gasteiger partial charge in [0.25, 0.3) is 0 Å². The molecule has 0 bridgehead atoms. The molecule has 0 aliphatic carbocycles. The fourth-order valence-electron chi connectivity index (χ4n) is 2.85. The standard InChI is InChI=1S/C13H19NO4S/c1-2-5-18-12(17)14-9-13(3-6-19-7-4-13)8-10(14)11(15)16/h2,10H,1,3-9H2,(H,15,16). The summed E-state index contributed by atoms with van der Waals surface area (Å²) in [5, 5.41) is 9.30. The van der Waals surface area contributed by atoms with Gasteiger partial charge in [-0.3, -0.25) is 4.90 Å².